The first kappa shape index (κ1) is 17.5. The van der Waals surface area contributed by atoms with Gasteiger partial charge in [0.05, 0.1) is 12.2 Å². The molecule has 8 heteroatoms. The number of hydrogen-bond donors (Lipinski definition) is 0. The van der Waals surface area contributed by atoms with Crippen molar-refractivity contribution in [3.8, 4) is 0 Å². The molecule has 0 N–H and O–H groups in total. The Bertz CT molecular complexity index is 855. The van der Waals surface area contributed by atoms with E-state index in [9.17, 15) is 14.0 Å². The Balaban J connectivity index is 1.38. The van der Waals surface area contributed by atoms with E-state index in [-0.39, 0.29) is 24.2 Å². The minimum Gasteiger partial charge on any atom is -0.368 e. The number of hydrogen-bond acceptors (Lipinski definition) is 4. The van der Waals surface area contributed by atoms with Crippen LogP contribution in [0.25, 0.3) is 0 Å². The third kappa shape index (κ3) is 3.51. The van der Waals surface area contributed by atoms with Crippen LogP contribution in [0, 0.1) is 12.7 Å². The van der Waals surface area contributed by atoms with Gasteiger partial charge in [-0.3, -0.25) is 14.5 Å². The lowest BCUT2D eigenvalue weighted by atomic mass is 10.2. The van der Waals surface area contributed by atoms with Crippen molar-refractivity contribution >= 4 is 23.3 Å². The number of fused-ring (bicyclic) bond motifs is 1. The minimum absolute atomic E-state index is 0.0410. The molecule has 1 aromatic carbocycles. The Hall–Kier alpha value is -2.90. The van der Waals surface area contributed by atoms with Gasteiger partial charge in [-0.1, -0.05) is 0 Å². The fourth-order valence-corrected chi connectivity index (χ4v) is 3.65. The molecule has 1 saturated heterocycles. The summed E-state index contributed by atoms with van der Waals surface area (Å²) in [5.74, 6) is 0.338. The summed E-state index contributed by atoms with van der Waals surface area (Å²) in [6.45, 7) is 5.01. The molecule has 2 aromatic rings. The molecule has 2 amide bonds. The molecule has 0 unspecified atom stereocenters. The first-order valence-electron chi connectivity index (χ1n) is 9.14. The third-order valence-electron chi connectivity index (χ3n) is 5.11. The fraction of sp³-hybridized carbons (Fsp3) is 0.421. The molecule has 142 valence electrons. The van der Waals surface area contributed by atoms with Gasteiger partial charge in [0.1, 0.15) is 18.2 Å². The topological polar surface area (TPSA) is 61.7 Å². The minimum atomic E-state index is -0.256. The number of piperazine rings is 1. The monoisotopic (exact) mass is 371 g/mol. The van der Waals surface area contributed by atoms with Crippen molar-refractivity contribution < 1.29 is 14.0 Å². The van der Waals surface area contributed by atoms with Crippen molar-refractivity contribution in [3.05, 3.63) is 41.8 Å². The summed E-state index contributed by atoms with van der Waals surface area (Å²) < 4.78 is 14.9. The third-order valence-corrected chi connectivity index (χ3v) is 5.11. The van der Waals surface area contributed by atoms with E-state index in [0.29, 0.717) is 45.0 Å². The zero-order chi connectivity index (χ0) is 19.0. The number of aromatic nitrogens is 2. The van der Waals surface area contributed by atoms with Gasteiger partial charge in [0.15, 0.2) is 0 Å². The second-order valence-corrected chi connectivity index (χ2v) is 6.94. The Morgan fingerprint density at radius 3 is 2.52 bits per heavy atom. The maximum atomic E-state index is 13.1. The number of halogens is 1. The molecule has 4 rings (SSSR count). The van der Waals surface area contributed by atoms with Crippen LogP contribution in [0.15, 0.2) is 30.3 Å². The summed E-state index contributed by atoms with van der Waals surface area (Å²) >= 11 is 0. The Morgan fingerprint density at radius 2 is 1.81 bits per heavy atom. The Kier molecular flexibility index (Phi) is 4.55. The molecule has 1 aromatic heterocycles. The van der Waals surface area contributed by atoms with E-state index in [4.69, 9.17) is 0 Å². The number of anilines is 2. The van der Waals surface area contributed by atoms with Crippen LogP contribution in [-0.4, -0.2) is 59.2 Å². The summed E-state index contributed by atoms with van der Waals surface area (Å²) in [6.07, 6.45) is 0.361. The largest absolute Gasteiger partial charge is 0.368 e. The van der Waals surface area contributed by atoms with E-state index < -0.39 is 0 Å². The second kappa shape index (κ2) is 7.02. The molecular formula is C19H22FN5O2. The zero-order valence-corrected chi connectivity index (χ0v) is 15.3. The predicted octanol–water partition coefficient (Wildman–Crippen LogP) is 1.42. The molecule has 1 fully saturated rings. The van der Waals surface area contributed by atoms with Crippen molar-refractivity contribution in [3.63, 3.8) is 0 Å². The highest BCUT2D eigenvalue weighted by atomic mass is 19.1. The fourth-order valence-electron chi connectivity index (χ4n) is 3.65. The molecular weight excluding hydrogens is 349 g/mol. The van der Waals surface area contributed by atoms with Gasteiger partial charge in [-0.05, 0) is 31.2 Å². The molecule has 2 aliphatic rings. The highest BCUT2D eigenvalue weighted by molar-refractivity contribution is 5.99. The number of benzene rings is 1. The normalized spacial score (nSPS) is 17.3. The van der Waals surface area contributed by atoms with Gasteiger partial charge in [0.25, 0.3) is 0 Å². The van der Waals surface area contributed by atoms with E-state index in [2.05, 4.69) is 10.00 Å². The van der Waals surface area contributed by atoms with Crippen LogP contribution in [0.2, 0.25) is 0 Å². The van der Waals surface area contributed by atoms with Crippen LogP contribution < -0.4 is 9.80 Å². The van der Waals surface area contributed by atoms with Crippen molar-refractivity contribution in [1.29, 1.82) is 0 Å². The van der Waals surface area contributed by atoms with Crippen LogP contribution in [0.1, 0.15) is 12.1 Å². The molecule has 27 heavy (non-hydrogen) atoms. The molecule has 0 saturated carbocycles. The van der Waals surface area contributed by atoms with Crippen LogP contribution in [-0.2, 0) is 16.1 Å². The highest BCUT2D eigenvalue weighted by Crippen LogP contribution is 2.23. The summed E-state index contributed by atoms with van der Waals surface area (Å²) in [7, 11) is 0. The van der Waals surface area contributed by atoms with Gasteiger partial charge in [0, 0.05) is 44.4 Å². The number of amides is 2. The molecule has 7 nitrogen and oxygen atoms in total. The molecule has 0 aliphatic carbocycles. The number of aryl methyl sites for hydroxylation is 2. The predicted molar refractivity (Wildman–Crippen MR) is 99.1 cm³/mol. The average Bonchev–Trinajstić information content (AvgIpc) is 3.05. The van der Waals surface area contributed by atoms with E-state index >= 15 is 0 Å². The zero-order valence-electron chi connectivity index (χ0n) is 15.3. The summed E-state index contributed by atoms with van der Waals surface area (Å²) in [5, 5.41) is 4.37. The van der Waals surface area contributed by atoms with E-state index in [1.807, 2.05) is 13.0 Å². The molecule has 3 heterocycles. The number of carbonyl (C=O) groups excluding carboxylic acids is 2. The second-order valence-electron chi connectivity index (χ2n) is 6.94. The summed E-state index contributed by atoms with van der Waals surface area (Å²) in [4.78, 5) is 30.5. The van der Waals surface area contributed by atoms with Crippen molar-refractivity contribution in [1.82, 2.24) is 14.7 Å². The van der Waals surface area contributed by atoms with Crippen LogP contribution in [0.5, 0.6) is 0 Å². The lowest BCUT2D eigenvalue weighted by Crippen LogP contribution is -2.52. The van der Waals surface area contributed by atoms with Crippen LogP contribution >= 0.6 is 0 Å². The Labute approximate surface area is 157 Å². The van der Waals surface area contributed by atoms with Crippen molar-refractivity contribution in [2.75, 3.05) is 42.5 Å². The van der Waals surface area contributed by atoms with E-state index in [0.717, 1.165) is 11.4 Å². The van der Waals surface area contributed by atoms with Gasteiger partial charge >= 0.3 is 0 Å². The lowest BCUT2D eigenvalue weighted by Gasteiger charge is -2.37. The average molecular weight is 371 g/mol. The summed E-state index contributed by atoms with van der Waals surface area (Å²) in [5.41, 5.74) is 1.79. The highest BCUT2D eigenvalue weighted by Gasteiger charge is 2.30. The lowest BCUT2D eigenvalue weighted by molar-refractivity contribution is -0.132. The molecule has 2 aliphatic heterocycles. The first-order chi connectivity index (χ1) is 13.0. The molecule has 0 spiro atoms. The van der Waals surface area contributed by atoms with Crippen molar-refractivity contribution in [2.45, 2.75) is 19.9 Å². The van der Waals surface area contributed by atoms with Crippen LogP contribution in [0.3, 0.4) is 0 Å². The first-order valence-corrected chi connectivity index (χ1v) is 9.14. The van der Waals surface area contributed by atoms with E-state index in [1.165, 1.54) is 17.0 Å². The van der Waals surface area contributed by atoms with Gasteiger partial charge in [-0.2, -0.15) is 5.10 Å². The molecule has 0 radical (unpaired) electrons. The maximum absolute atomic E-state index is 13.1. The number of nitrogens with zero attached hydrogens (tertiary/aromatic N) is 5. The van der Waals surface area contributed by atoms with Gasteiger partial charge in [-0.25, -0.2) is 9.07 Å². The molecule has 0 bridgehead atoms. The number of carbonyl (C=O) groups is 2. The van der Waals surface area contributed by atoms with Crippen LogP contribution in [0.4, 0.5) is 15.9 Å². The van der Waals surface area contributed by atoms with Gasteiger partial charge < -0.3 is 9.80 Å². The van der Waals surface area contributed by atoms with Gasteiger partial charge in [0.2, 0.25) is 11.8 Å². The quantitative estimate of drug-likeness (QED) is 0.819. The maximum Gasteiger partial charge on any atom is 0.242 e. The smallest absolute Gasteiger partial charge is 0.242 e. The van der Waals surface area contributed by atoms with E-state index in [1.54, 1.807) is 21.7 Å². The SMILES string of the molecule is Cc1cc2n(n1)CCC(=O)N2CC(=O)N1CCN(c2ccc(F)cc2)CC1. The number of rotatable bonds is 3. The summed E-state index contributed by atoms with van der Waals surface area (Å²) in [6, 6.07) is 8.24. The standard InChI is InChI=1S/C19H22FN5O2/c1-14-12-17-24(18(26)6-7-25(17)21-14)13-19(27)23-10-8-22(9-11-23)16-4-2-15(20)3-5-16/h2-5,12H,6-11,13H2,1H3. The van der Waals surface area contributed by atoms with Crippen molar-refractivity contribution in [2.24, 2.45) is 0 Å². The Morgan fingerprint density at radius 1 is 1.11 bits per heavy atom. The van der Waals surface area contributed by atoms with Gasteiger partial charge in [-0.15, -0.1) is 0 Å². The molecule has 0 atom stereocenters.